The van der Waals surface area contributed by atoms with Gasteiger partial charge in [0.05, 0.1) is 11.9 Å². The maximum absolute atomic E-state index is 11.4. The molecular formula is C13H25N3O2S. The molecule has 0 aromatic carbocycles. The third kappa shape index (κ3) is 5.32. The Morgan fingerprint density at radius 2 is 2.11 bits per heavy atom. The van der Waals surface area contributed by atoms with Crippen LogP contribution in [0.5, 0.6) is 0 Å². The van der Waals surface area contributed by atoms with E-state index >= 15 is 0 Å². The van der Waals surface area contributed by atoms with Crippen molar-refractivity contribution in [3.05, 3.63) is 17.5 Å². The molecular weight excluding hydrogens is 262 g/mol. The lowest BCUT2D eigenvalue weighted by atomic mass is 10.2. The van der Waals surface area contributed by atoms with E-state index in [1.165, 1.54) is 5.56 Å². The van der Waals surface area contributed by atoms with Gasteiger partial charge in [0.15, 0.2) is 0 Å². The van der Waals surface area contributed by atoms with Crippen molar-refractivity contribution in [2.45, 2.75) is 53.2 Å². The Morgan fingerprint density at radius 3 is 2.68 bits per heavy atom. The molecule has 1 N–H and O–H groups in total. The Labute approximate surface area is 116 Å². The Kier molecular flexibility index (Phi) is 6.00. The van der Waals surface area contributed by atoms with Gasteiger partial charge in [-0.05, 0) is 13.3 Å². The minimum atomic E-state index is -2.87. The summed E-state index contributed by atoms with van der Waals surface area (Å²) in [5, 5.41) is 7.68. The first-order valence-corrected chi connectivity index (χ1v) is 8.63. The van der Waals surface area contributed by atoms with Crippen LogP contribution in [0.15, 0.2) is 6.20 Å². The molecule has 0 saturated carbocycles. The zero-order valence-electron chi connectivity index (χ0n) is 12.3. The van der Waals surface area contributed by atoms with Gasteiger partial charge >= 0.3 is 0 Å². The molecule has 6 heteroatoms. The molecule has 0 saturated heterocycles. The molecule has 1 aromatic heterocycles. The van der Waals surface area contributed by atoms with Gasteiger partial charge in [-0.2, -0.15) is 5.10 Å². The number of nitrogens with one attached hydrogen (secondary N) is 1. The van der Waals surface area contributed by atoms with E-state index in [9.17, 15) is 8.42 Å². The van der Waals surface area contributed by atoms with Gasteiger partial charge < -0.3 is 5.32 Å². The maximum Gasteiger partial charge on any atom is 0.150 e. The zero-order valence-corrected chi connectivity index (χ0v) is 13.1. The highest BCUT2D eigenvalue weighted by Crippen LogP contribution is 2.08. The second kappa shape index (κ2) is 7.05. The topological polar surface area (TPSA) is 64.0 Å². The largest absolute Gasteiger partial charge is 0.310 e. The second-order valence-electron chi connectivity index (χ2n) is 5.10. The predicted octanol–water partition coefficient (Wildman–Crippen LogP) is 1.51. The van der Waals surface area contributed by atoms with E-state index in [0.717, 1.165) is 12.2 Å². The van der Waals surface area contributed by atoms with Crippen molar-refractivity contribution in [2.75, 3.05) is 11.5 Å². The molecule has 0 aliphatic heterocycles. The summed E-state index contributed by atoms with van der Waals surface area (Å²) in [6.45, 7) is 9.39. The van der Waals surface area contributed by atoms with Crippen molar-refractivity contribution < 1.29 is 8.42 Å². The van der Waals surface area contributed by atoms with Gasteiger partial charge in [0.1, 0.15) is 9.84 Å². The van der Waals surface area contributed by atoms with Crippen molar-refractivity contribution in [3.8, 4) is 0 Å². The smallest absolute Gasteiger partial charge is 0.150 e. The fourth-order valence-corrected chi connectivity index (χ4v) is 2.63. The minimum Gasteiger partial charge on any atom is -0.310 e. The van der Waals surface area contributed by atoms with Crippen LogP contribution >= 0.6 is 0 Å². The normalized spacial score (nSPS) is 12.3. The van der Waals surface area contributed by atoms with Crippen LogP contribution in [0.3, 0.4) is 0 Å². The average Bonchev–Trinajstić information content (AvgIpc) is 2.68. The number of hydrogen-bond acceptors (Lipinski definition) is 4. The van der Waals surface area contributed by atoms with E-state index in [2.05, 4.69) is 24.3 Å². The molecule has 1 rings (SSSR count). The Hall–Kier alpha value is -0.880. The molecule has 0 radical (unpaired) electrons. The van der Waals surface area contributed by atoms with Crippen molar-refractivity contribution in [1.82, 2.24) is 15.1 Å². The van der Waals surface area contributed by atoms with Gasteiger partial charge in [-0.15, -0.1) is 0 Å². The number of aryl methyl sites for hydroxylation is 1. The van der Waals surface area contributed by atoms with E-state index in [4.69, 9.17) is 0 Å². The van der Waals surface area contributed by atoms with E-state index in [-0.39, 0.29) is 11.5 Å². The fourth-order valence-electron chi connectivity index (χ4n) is 1.78. The molecule has 0 aliphatic rings. The summed E-state index contributed by atoms with van der Waals surface area (Å²) >= 11 is 0. The van der Waals surface area contributed by atoms with Crippen molar-refractivity contribution >= 4 is 9.84 Å². The van der Waals surface area contributed by atoms with Crippen LogP contribution in [0.2, 0.25) is 0 Å². The number of nitrogens with zero attached hydrogens (tertiary/aromatic N) is 2. The third-order valence-corrected chi connectivity index (χ3v) is 4.96. The van der Waals surface area contributed by atoms with Crippen molar-refractivity contribution in [1.29, 1.82) is 0 Å². The number of sulfone groups is 1. The van der Waals surface area contributed by atoms with Crippen LogP contribution in [0, 0.1) is 6.92 Å². The highest BCUT2D eigenvalue weighted by Gasteiger charge is 2.10. The summed E-state index contributed by atoms with van der Waals surface area (Å²) in [4.78, 5) is 0. The number of rotatable bonds is 8. The zero-order chi connectivity index (χ0) is 14.5. The molecule has 0 fully saturated rings. The highest BCUT2D eigenvalue weighted by molar-refractivity contribution is 7.91. The lowest BCUT2D eigenvalue weighted by molar-refractivity contribution is 0.562. The first kappa shape index (κ1) is 16.2. The molecule has 1 heterocycles. The third-order valence-electron chi connectivity index (χ3n) is 3.17. The maximum atomic E-state index is 11.4. The second-order valence-corrected chi connectivity index (χ2v) is 7.58. The van der Waals surface area contributed by atoms with Crippen molar-refractivity contribution in [2.24, 2.45) is 0 Å². The van der Waals surface area contributed by atoms with Crippen LogP contribution in [-0.2, 0) is 22.9 Å². The van der Waals surface area contributed by atoms with E-state index < -0.39 is 9.84 Å². The summed E-state index contributed by atoms with van der Waals surface area (Å²) in [6, 6.07) is 0.442. The molecule has 0 aliphatic carbocycles. The minimum absolute atomic E-state index is 0.217. The van der Waals surface area contributed by atoms with Crippen molar-refractivity contribution in [3.63, 3.8) is 0 Å². The number of aromatic nitrogens is 2. The quantitative estimate of drug-likeness (QED) is 0.787. The van der Waals surface area contributed by atoms with Crippen LogP contribution in [0.25, 0.3) is 0 Å². The average molecular weight is 287 g/mol. The monoisotopic (exact) mass is 287 g/mol. The molecule has 110 valence electrons. The van der Waals surface area contributed by atoms with Gasteiger partial charge in [-0.1, -0.05) is 20.8 Å². The molecule has 0 spiro atoms. The standard InChI is InChI=1S/C13H25N3O2S/c1-5-19(17,18)8-6-7-16-12(4)13(10-15-16)9-14-11(2)3/h10-11,14H,5-9H2,1-4H3. The Bertz CT molecular complexity index is 492. The van der Waals surface area contributed by atoms with E-state index in [1.54, 1.807) is 6.92 Å². The summed E-state index contributed by atoms with van der Waals surface area (Å²) < 4.78 is 24.7. The predicted molar refractivity (Wildman–Crippen MR) is 77.9 cm³/mol. The van der Waals surface area contributed by atoms with Crippen LogP contribution < -0.4 is 5.32 Å². The van der Waals surface area contributed by atoms with Gasteiger partial charge in [0, 0.05) is 36.1 Å². The first-order valence-electron chi connectivity index (χ1n) is 6.80. The molecule has 0 unspecified atom stereocenters. The number of hydrogen-bond donors (Lipinski definition) is 1. The van der Waals surface area contributed by atoms with Gasteiger partial charge in [0.25, 0.3) is 0 Å². The van der Waals surface area contributed by atoms with Gasteiger partial charge in [-0.25, -0.2) is 8.42 Å². The SMILES string of the molecule is CCS(=O)(=O)CCCn1ncc(CNC(C)C)c1C. The fraction of sp³-hybridized carbons (Fsp3) is 0.769. The summed E-state index contributed by atoms with van der Waals surface area (Å²) in [5.74, 6) is 0.455. The van der Waals surface area contributed by atoms with E-state index in [1.807, 2.05) is 17.8 Å². The van der Waals surface area contributed by atoms with Gasteiger partial charge in [-0.3, -0.25) is 4.68 Å². The highest BCUT2D eigenvalue weighted by atomic mass is 32.2. The van der Waals surface area contributed by atoms with Crippen LogP contribution in [0.1, 0.15) is 38.4 Å². The molecule has 1 aromatic rings. The molecule has 0 amide bonds. The molecule has 5 nitrogen and oxygen atoms in total. The Balaban J connectivity index is 2.52. The van der Waals surface area contributed by atoms with Gasteiger partial charge in [0.2, 0.25) is 0 Å². The molecule has 19 heavy (non-hydrogen) atoms. The lowest BCUT2D eigenvalue weighted by Gasteiger charge is -2.08. The molecule has 0 bridgehead atoms. The van der Waals surface area contributed by atoms with Crippen LogP contribution in [0.4, 0.5) is 0 Å². The lowest BCUT2D eigenvalue weighted by Crippen LogP contribution is -2.22. The van der Waals surface area contributed by atoms with Crippen LogP contribution in [-0.4, -0.2) is 35.7 Å². The summed E-state index contributed by atoms with van der Waals surface area (Å²) in [7, 11) is -2.87. The summed E-state index contributed by atoms with van der Waals surface area (Å²) in [6.07, 6.45) is 2.48. The Morgan fingerprint density at radius 1 is 1.42 bits per heavy atom. The molecule has 0 atom stereocenters. The summed E-state index contributed by atoms with van der Waals surface area (Å²) in [5.41, 5.74) is 2.29. The first-order chi connectivity index (χ1) is 8.85. The van der Waals surface area contributed by atoms with E-state index in [0.29, 0.717) is 19.0 Å².